The summed E-state index contributed by atoms with van der Waals surface area (Å²) in [5.41, 5.74) is -6.29. The number of carbonyl (C=O) groups excluding carboxylic acids is 4. The Kier molecular flexibility index (Phi) is 7.18. The second-order valence-electron chi connectivity index (χ2n) is 14.9. The minimum absolute atomic E-state index is 0.0179. The molecule has 228 valence electrons. The zero-order valence-corrected chi connectivity index (χ0v) is 25.7. The molecule has 9 atom stereocenters. The quantitative estimate of drug-likeness (QED) is 0.276. The molecule has 4 N–H and O–H groups in total. The molecule has 4 aliphatic carbocycles. The molecule has 0 aromatic heterocycles. The third-order valence-electron chi connectivity index (χ3n) is 11.8. The number of hydrogen-bond acceptors (Lipinski definition) is 9. The van der Waals surface area contributed by atoms with Gasteiger partial charge in [0, 0.05) is 37.0 Å². The highest BCUT2D eigenvalue weighted by Crippen LogP contribution is 2.73. The minimum Gasteiger partial charge on any atom is -0.505 e. The average molecular weight is 575 g/mol. The number of aliphatic hydroxyl groups is 4. The van der Waals surface area contributed by atoms with Crippen LogP contribution in [0.15, 0.2) is 23.5 Å². The molecule has 9 heteroatoms. The number of allylic oxidation sites excluding steroid dienone is 4. The van der Waals surface area contributed by atoms with Crippen molar-refractivity contribution < 1.29 is 44.3 Å². The molecule has 0 saturated heterocycles. The van der Waals surface area contributed by atoms with Gasteiger partial charge < -0.3 is 25.2 Å². The summed E-state index contributed by atoms with van der Waals surface area (Å²) in [5.74, 6) is -3.99. The number of hydrogen-bond donors (Lipinski definition) is 4. The molecule has 0 spiro atoms. The normalized spacial score (nSPS) is 40.3. The maximum atomic E-state index is 14.3. The first kappa shape index (κ1) is 31.6. The van der Waals surface area contributed by atoms with Crippen molar-refractivity contribution in [3.8, 4) is 0 Å². The fourth-order valence-corrected chi connectivity index (χ4v) is 9.21. The van der Waals surface area contributed by atoms with Crippen LogP contribution in [-0.2, 0) is 23.9 Å². The Labute approximate surface area is 242 Å². The Bertz CT molecular complexity index is 1260. The van der Waals surface area contributed by atoms with Crippen molar-refractivity contribution in [2.24, 2.45) is 39.4 Å². The van der Waals surface area contributed by atoms with Gasteiger partial charge in [-0.2, -0.15) is 0 Å². The Balaban J connectivity index is 1.73. The molecule has 0 heterocycles. The van der Waals surface area contributed by atoms with E-state index in [9.17, 15) is 39.6 Å². The summed E-state index contributed by atoms with van der Waals surface area (Å²) in [4.78, 5) is 52.2. The zero-order chi connectivity index (χ0) is 31.3. The Morgan fingerprint density at radius 3 is 2.24 bits per heavy atom. The van der Waals surface area contributed by atoms with Crippen LogP contribution in [0.25, 0.3) is 0 Å². The standard InChI is InChI=1S/C32H46O9/c1-16(33)41-28(4,5)22(36)13-23(37)32(9,40)25-20(35)14-29(6)21-11-10-17-18(12-19(34)26(39)27(17,2)3)31(21,8)24(38)15-30(25,29)7/h10,12,18,20-22,25,34-36,40H,11,13-15H2,1-9H3/t18-,20-,21+,22+,25+,29+,30-,31+,32+/m1/s1. The van der Waals surface area contributed by atoms with Crippen LogP contribution in [-0.4, -0.2) is 67.2 Å². The lowest BCUT2D eigenvalue weighted by atomic mass is 9.39. The fourth-order valence-electron chi connectivity index (χ4n) is 9.21. The lowest BCUT2D eigenvalue weighted by molar-refractivity contribution is -0.183. The molecule has 2 saturated carbocycles. The van der Waals surface area contributed by atoms with Crippen molar-refractivity contribution in [3.05, 3.63) is 23.5 Å². The van der Waals surface area contributed by atoms with Gasteiger partial charge in [-0.05, 0) is 70.3 Å². The van der Waals surface area contributed by atoms with Crippen LogP contribution in [0.2, 0.25) is 0 Å². The Hall–Kier alpha value is -2.36. The highest BCUT2D eigenvalue weighted by molar-refractivity contribution is 6.02. The highest BCUT2D eigenvalue weighted by atomic mass is 16.6. The van der Waals surface area contributed by atoms with Crippen LogP contribution in [0, 0.1) is 39.4 Å². The van der Waals surface area contributed by atoms with E-state index >= 15 is 0 Å². The zero-order valence-electron chi connectivity index (χ0n) is 25.7. The van der Waals surface area contributed by atoms with E-state index in [0.717, 1.165) is 5.57 Å². The number of rotatable bonds is 6. The molecule has 0 aromatic rings. The molecule has 0 bridgehead atoms. The lowest BCUT2D eigenvalue weighted by Gasteiger charge is -2.63. The number of fused-ring (bicyclic) bond motifs is 5. The summed E-state index contributed by atoms with van der Waals surface area (Å²) in [7, 11) is 0. The summed E-state index contributed by atoms with van der Waals surface area (Å²) in [6.07, 6.45) is 1.16. The molecule has 0 aliphatic heterocycles. The van der Waals surface area contributed by atoms with E-state index in [1.54, 1.807) is 13.8 Å². The SMILES string of the molecule is CC(=O)OC(C)(C)[C@@H](O)CC(=O)[C@](C)(O)[C@H]1[C@H](O)C[C@@]2(C)[C@@H]3CC=C4[C@@H](C=C(O)C(=O)C4(C)C)[C@]3(C)C(=O)C[C@]12C. The van der Waals surface area contributed by atoms with Crippen LogP contribution in [0.5, 0.6) is 0 Å². The van der Waals surface area contributed by atoms with E-state index in [2.05, 4.69) is 0 Å². The molecule has 9 nitrogen and oxygen atoms in total. The first-order valence-electron chi connectivity index (χ1n) is 14.5. The van der Waals surface area contributed by atoms with E-state index in [1.807, 2.05) is 26.8 Å². The van der Waals surface area contributed by atoms with Gasteiger partial charge >= 0.3 is 5.97 Å². The first-order valence-corrected chi connectivity index (χ1v) is 14.5. The van der Waals surface area contributed by atoms with Crippen LogP contribution >= 0.6 is 0 Å². The van der Waals surface area contributed by atoms with Crippen LogP contribution < -0.4 is 0 Å². The number of esters is 1. The first-order chi connectivity index (χ1) is 18.5. The summed E-state index contributed by atoms with van der Waals surface area (Å²) >= 11 is 0. The molecule has 0 unspecified atom stereocenters. The molecule has 4 rings (SSSR count). The van der Waals surface area contributed by atoms with Crippen molar-refractivity contribution >= 4 is 23.3 Å². The second kappa shape index (κ2) is 9.32. The van der Waals surface area contributed by atoms with E-state index in [-0.39, 0.29) is 36.1 Å². The molecule has 4 aliphatic rings. The van der Waals surface area contributed by atoms with Gasteiger partial charge in [-0.3, -0.25) is 19.2 Å². The molecular formula is C32H46O9. The summed E-state index contributed by atoms with van der Waals surface area (Å²) in [6, 6.07) is 0. The molecule has 0 amide bonds. The Morgan fingerprint density at radius 1 is 1.10 bits per heavy atom. The predicted molar refractivity (Wildman–Crippen MR) is 149 cm³/mol. The highest BCUT2D eigenvalue weighted by Gasteiger charge is 2.74. The maximum absolute atomic E-state index is 14.3. The summed E-state index contributed by atoms with van der Waals surface area (Å²) in [5, 5.41) is 44.7. The van der Waals surface area contributed by atoms with E-state index < -0.39 is 75.1 Å². The van der Waals surface area contributed by atoms with Gasteiger partial charge in [0.2, 0.25) is 5.78 Å². The van der Waals surface area contributed by atoms with Gasteiger partial charge in [0.15, 0.2) is 11.5 Å². The number of carbonyl (C=O) groups is 4. The smallest absolute Gasteiger partial charge is 0.303 e. The third kappa shape index (κ3) is 4.20. The van der Waals surface area contributed by atoms with Crippen molar-refractivity contribution in [1.29, 1.82) is 0 Å². The molecular weight excluding hydrogens is 528 g/mol. The van der Waals surface area contributed by atoms with Crippen LogP contribution in [0.4, 0.5) is 0 Å². The second-order valence-corrected chi connectivity index (χ2v) is 14.9. The van der Waals surface area contributed by atoms with Crippen molar-refractivity contribution in [2.45, 2.75) is 111 Å². The molecule has 41 heavy (non-hydrogen) atoms. The van der Waals surface area contributed by atoms with Gasteiger partial charge in [0.1, 0.15) is 23.1 Å². The van der Waals surface area contributed by atoms with Crippen molar-refractivity contribution in [2.75, 3.05) is 0 Å². The maximum Gasteiger partial charge on any atom is 0.303 e. The molecule has 0 aromatic carbocycles. The lowest BCUT2D eigenvalue weighted by Crippen LogP contribution is -2.64. The summed E-state index contributed by atoms with van der Waals surface area (Å²) in [6.45, 7) is 14.7. The van der Waals surface area contributed by atoms with Gasteiger partial charge in [0.25, 0.3) is 0 Å². The van der Waals surface area contributed by atoms with Crippen molar-refractivity contribution in [1.82, 2.24) is 0 Å². The Morgan fingerprint density at radius 2 is 1.68 bits per heavy atom. The number of Topliss-reactive ketones (excluding diaryl/α,β-unsaturated/α-hetero) is 3. The number of aliphatic hydroxyl groups excluding tert-OH is 3. The van der Waals surface area contributed by atoms with Crippen LogP contribution in [0.1, 0.15) is 88.0 Å². The topological polar surface area (TPSA) is 158 Å². The molecule has 2 fully saturated rings. The van der Waals surface area contributed by atoms with Gasteiger partial charge in [-0.25, -0.2) is 0 Å². The van der Waals surface area contributed by atoms with Crippen molar-refractivity contribution in [3.63, 3.8) is 0 Å². The van der Waals surface area contributed by atoms with E-state index in [0.29, 0.717) is 6.42 Å². The van der Waals surface area contributed by atoms with Gasteiger partial charge in [-0.1, -0.05) is 32.4 Å². The molecule has 0 radical (unpaired) electrons. The van der Waals surface area contributed by atoms with E-state index in [4.69, 9.17) is 4.74 Å². The van der Waals surface area contributed by atoms with E-state index in [1.165, 1.54) is 33.8 Å². The number of ketones is 3. The largest absolute Gasteiger partial charge is 0.505 e. The summed E-state index contributed by atoms with van der Waals surface area (Å²) < 4.78 is 5.17. The third-order valence-corrected chi connectivity index (χ3v) is 11.8. The fraction of sp³-hybridized carbons (Fsp3) is 0.750. The van der Waals surface area contributed by atoms with Gasteiger partial charge in [-0.15, -0.1) is 0 Å². The van der Waals surface area contributed by atoms with Crippen LogP contribution in [0.3, 0.4) is 0 Å². The predicted octanol–water partition coefficient (Wildman–Crippen LogP) is 3.39. The number of ether oxygens (including phenoxy) is 1. The monoisotopic (exact) mass is 574 g/mol. The van der Waals surface area contributed by atoms with Gasteiger partial charge in [0.05, 0.1) is 11.5 Å². The average Bonchev–Trinajstić information content (AvgIpc) is 3.02. The minimum atomic E-state index is -2.10.